The molecule has 42 heavy (non-hydrogen) atoms. The molecule has 1 aliphatic heterocycles. The van der Waals surface area contributed by atoms with Gasteiger partial charge in [-0.1, -0.05) is 32.9 Å². The van der Waals surface area contributed by atoms with E-state index in [0.717, 1.165) is 37.9 Å². The summed E-state index contributed by atoms with van der Waals surface area (Å²) in [5.74, 6) is 0.563. The SMILES string of the molecule is C[C@H](CCC(=O)OC1(c2ccc(F)cc2)CCNCC1)[C@H]1CC[C@H]2[C@@H]3C(=O)C[C@@H]4CC(=O)CC[C@]4(C)[C@H]3CC(=O)[C@]12C. The normalized spacial score (nSPS) is 38.3. The molecule has 7 heteroatoms. The Morgan fingerprint density at radius 2 is 1.71 bits per heavy atom. The zero-order chi connectivity index (χ0) is 29.9. The average Bonchev–Trinajstić information content (AvgIpc) is 3.32. The Hall–Kier alpha value is -2.41. The van der Waals surface area contributed by atoms with Gasteiger partial charge in [-0.05, 0) is 91.5 Å². The second-order valence-electron chi connectivity index (χ2n) is 14.7. The molecule has 4 saturated carbocycles. The Labute approximate surface area is 248 Å². The van der Waals surface area contributed by atoms with Crippen molar-refractivity contribution in [3.63, 3.8) is 0 Å². The van der Waals surface area contributed by atoms with Gasteiger partial charge in [0.2, 0.25) is 0 Å². The lowest BCUT2D eigenvalue weighted by atomic mass is 9.44. The number of esters is 1. The smallest absolute Gasteiger partial charge is 0.306 e. The molecule has 1 aromatic carbocycles. The monoisotopic (exact) mass is 579 g/mol. The lowest BCUT2D eigenvalue weighted by Crippen LogP contribution is -2.60. The van der Waals surface area contributed by atoms with Crippen LogP contribution in [0.3, 0.4) is 0 Å². The first-order valence-corrected chi connectivity index (χ1v) is 16.2. The molecule has 5 aliphatic rings. The fraction of sp³-hybridized carbons (Fsp3) is 0.714. The average molecular weight is 580 g/mol. The van der Waals surface area contributed by atoms with E-state index in [1.54, 1.807) is 12.1 Å². The summed E-state index contributed by atoms with van der Waals surface area (Å²) in [5.41, 5.74) is -0.600. The molecule has 1 N–H and O–H groups in total. The first kappa shape index (κ1) is 29.7. The number of rotatable bonds is 6. The number of hydrogen-bond donors (Lipinski definition) is 1. The van der Waals surface area contributed by atoms with Gasteiger partial charge in [-0.15, -0.1) is 0 Å². The standard InChI is InChI=1S/C35H46FNO5/c1-21(4-11-31(41)42-35(14-16-37-17-15-35)22-5-7-24(36)8-6-22)26-9-10-27-32-28(20-30(40)34(26,27)3)33(2)13-12-25(38)18-23(33)19-29(32)39/h5-8,21,23,26-28,32,37H,4,9-20H2,1-3H3/t21-,23+,26-,27+,28+,32+,33+,34-/m1/s1. The van der Waals surface area contributed by atoms with Gasteiger partial charge in [-0.25, -0.2) is 4.39 Å². The van der Waals surface area contributed by atoms with Crippen LogP contribution < -0.4 is 5.32 Å². The molecule has 228 valence electrons. The fourth-order valence-electron chi connectivity index (χ4n) is 10.2. The van der Waals surface area contributed by atoms with Crippen LogP contribution in [-0.4, -0.2) is 36.4 Å². The number of carbonyl (C=O) groups is 4. The minimum absolute atomic E-state index is 0.0408. The number of hydrogen-bond acceptors (Lipinski definition) is 6. The number of benzene rings is 1. The van der Waals surface area contributed by atoms with Crippen LogP contribution in [0, 0.1) is 52.2 Å². The predicted octanol–water partition coefficient (Wildman–Crippen LogP) is 5.95. The van der Waals surface area contributed by atoms with Gasteiger partial charge in [-0.3, -0.25) is 19.2 Å². The first-order chi connectivity index (χ1) is 20.0. The van der Waals surface area contributed by atoms with Crippen molar-refractivity contribution in [2.45, 2.75) is 97.0 Å². The minimum Gasteiger partial charge on any atom is -0.454 e. The van der Waals surface area contributed by atoms with E-state index in [1.807, 2.05) is 0 Å². The molecular weight excluding hydrogens is 533 g/mol. The Bertz CT molecular complexity index is 1250. The second kappa shape index (κ2) is 10.9. The summed E-state index contributed by atoms with van der Waals surface area (Å²) in [7, 11) is 0. The van der Waals surface area contributed by atoms with Crippen molar-refractivity contribution >= 4 is 23.3 Å². The molecule has 8 atom stereocenters. The van der Waals surface area contributed by atoms with Gasteiger partial charge in [0, 0.05) is 56.3 Å². The molecule has 1 heterocycles. The summed E-state index contributed by atoms with van der Waals surface area (Å²) >= 11 is 0. The molecule has 1 saturated heterocycles. The molecule has 0 radical (unpaired) electrons. The zero-order valence-electron chi connectivity index (χ0n) is 25.4. The minimum atomic E-state index is -0.753. The van der Waals surface area contributed by atoms with Crippen molar-refractivity contribution in [1.82, 2.24) is 5.32 Å². The van der Waals surface area contributed by atoms with Gasteiger partial charge in [0.05, 0.1) is 0 Å². The van der Waals surface area contributed by atoms with Crippen LogP contribution in [-0.2, 0) is 29.5 Å². The maximum Gasteiger partial charge on any atom is 0.306 e. The molecule has 6 rings (SSSR count). The van der Waals surface area contributed by atoms with E-state index in [0.29, 0.717) is 44.9 Å². The summed E-state index contributed by atoms with van der Waals surface area (Å²) in [6.45, 7) is 7.95. The number of ether oxygens (including phenoxy) is 1. The summed E-state index contributed by atoms with van der Waals surface area (Å²) < 4.78 is 19.8. The fourth-order valence-corrected chi connectivity index (χ4v) is 10.2. The van der Waals surface area contributed by atoms with Crippen molar-refractivity contribution in [2.75, 3.05) is 13.1 Å². The van der Waals surface area contributed by atoms with E-state index < -0.39 is 11.0 Å². The third-order valence-electron chi connectivity index (χ3n) is 12.8. The van der Waals surface area contributed by atoms with Crippen LogP contribution in [0.5, 0.6) is 0 Å². The molecule has 0 bridgehead atoms. The Kier molecular flexibility index (Phi) is 7.73. The van der Waals surface area contributed by atoms with Crippen LogP contribution in [0.25, 0.3) is 0 Å². The number of ketones is 3. The number of Topliss-reactive ketones (excluding diaryl/α,β-unsaturated/α-hetero) is 3. The third kappa shape index (κ3) is 4.78. The van der Waals surface area contributed by atoms with E-state index >= 15 is 0 Å². The first-order valence-electron chi connectivity index (χ1n) is 16.2. The van der Waals surface area contributed by atoms with Gasteiger partial charge in [0.15, 0.2) is 0 Å². The van der Waals surface area contributed by atoms with Crippen molar-refractivity contribution in [3.8, 4) is 0 Å². The molecular formula is C35H46FNO5. The van der Waals surface area contributed by atoms with Crippen LogP contribution in [0.4, 0.5) is 4.39 Å². The Morgan fingerprint density at radius 3 is 2.43 bits per heavy atom. The van der Waals surface area contributed by atoms with Crippen molar-refractivity contribution in [3.05, 3.63) is 35.6 Å². The zero-order valence-corrected chi connectivity index (χ0v) is 25.4. The van der Waals surface area contributed by atoms with Crippen LogP contribution in [0.15, 0.2) is 24.3 Å². The second-order valence-corrected chi connectivity index (χ2v) is 14.7. The molecule has 5 fully saturated rings. The number of piperidine rings is 1. The predicted molar refractivity (Wildman–Crippen MR) is 156 cm³/mol. The molecule has 0 aromatic heterocycles. The van der Waals surface area contributed by atoms with E-state index in [-0.39, 0.29) is 76.5 Å². The van der Waals surface area contributed by atoms with Crippen LogP contribution in [0.1, 0.15) is 97.0 Å². The summed E-state index contributed by atoms with van der Waals surface area (Å²) in [6.07, 6.45) is 6.68. The molecule has 0 spiro atoms. The number of halogens is 1. The van der Waals surface area contributed by atoms with Gasteiger partial charge >= 0.3 is 5.97 Å². The molecule has 0 unspecified atom stereocenters. The lowest BCUT2D eigenvalue weighted by molar-refractivity contribution is -0.166. The van der Waals surface area contributed by atoms with E-state index in [4.69, 9.17) is 4.74 Å². The number of fused-ring (bicyclic) bond motifs is 5. The largest absolute Gasteiger partial charge is 0.454 e. The number of nitrogens with one attached hydrogen (secondary N) is 1. The summed E-state index contributed by atoms with van der Waals surface area (Å²) in [5, 5.41) is 3.32. The maximum atomic E-state index is 14.1. The number of carbonyl (C=O) groups excluding carboxylic acids is 4. The summed E-state index contributed by atoms with van der Waals surface area (Å²) in [6, 6.07) is 6.28. The molecule has 0 amide bonds. The highest BCUT2D eigenvalue weighted by Crippen LogP contribution is 2.66. The molecule has 4 aliphatic carbocycles. The van der Waals surface area contributed by atoms with Gasteiger partial charge in [0.25, 0.3) is 0 Å². The quantitative estimate of drug-likeness (QED) is 0.419. The highest BCUT2D eigenvalue weighted by atomic mass is 19.1. The lowest BCUT2D eigenvalue weighted by Gasteiger charge is -2.58. The maximum absolute atomic E-state index is 14.1. The topological polar surface area (TPSA) is 89.5 Å². The van der Waals surface area contributed by atoms with E-state index in [1.165, 1.54) is 12.1 Å². The van der Waals surface area contributed by atoms with E-state index in [9.17, 15) is 23.6 Å². The molecule has 6 nitrogen and oxygen atoms in total. The Balaban J connectivity index is 1.14. The summed E-state index contributed by atoms with van der Waals surface area (Å²) in [4.78, 5) is 53.2. The third-order valence-corrected chi connectivity index (χ3v) is 12.8. The van der Waals surface area contributed by atoms with Gasteiger partial charge < -0.3 is 10.1 Å². The molecule has 1 aromatic rings. The van der Waals surface area contributed by atoms with Crippen molar-refractivity contribution in [2.24, 2.45) is 46.3 Å². The van der Waals surface area contributed by atoms with Crippen LogP contribution in [0.2, 0.25) is 0 Å². The van der Waals surface area contributed by atoms with Crippen molar-refractivity contribution < 1.29 is 28.3 Å². The van der Waals surface area contributed by atoms with Crippen molar-refractivity contribution in [1.29, 1.82) is 0 Å². The van der Waals surface area contributed by atoms with Gasteiger partial charge in [-0.2, -0.15) is 0 Å². The van der Waals surface area contributed by atoms with E-state index in [2.05, 4.69) is 26.1 Å². The highest BCUT2D eigenvalue weighted by molar-refractivity contribution is 5.93. The van der Waals surface area contributed by atoms with Crippen LogP contribution >= 0.6 is 0 Å². The van der Waals surface area contributed by atoms with Gasteiger partial charge in [0.1, 0.15) is 28.8 Å². The Morgan fingerprint density at radius 1 is 1.00 bits per heavy atom. The highest BCUT2D eigenvalue weighted by Gasteiger charge is 2.66.